The van der Waals surface area contributed by atoms with Crippen LogP contribution >= 0.6 is 15.9 Å². The summed E-state index contributed by atoms with van der Waals surface area (Å²) < 4.78 is 7.60. The molecular weight excluding hydrogens is 284 g/mol. The first-order valence-corrected chi connectivity index (χ1v) is 6.61. The Morgan fingerprint density at radius 3 is 2.82 bits per heavy atom. The third kappa shape index (κ3) is 2.72. The second kappa shape index (κ2) is 5.23. The van der Waals surface area contributed by atoms with Crippen molar-refractivity contribution in [2.75, 3.05) is 18.9 Å². The Bertz CT molecular complexity index is 464. The number of pyridine rings is 1. The van der Waals surface area contributed by atoms with Crippen LogP contribution in [0.5, 0.6) is 0 Å². The molecular formula is C12H17BrN2O2. The fourth-order valence-electron chi connectivity index (χ4n) is 2.08. The van der Waals surface area contributed by atoms with Gasteiger partial charge in [0.1, 0.15) is 0 Å². The molecule has 0 unspecified atom stereocenters. The van der Waals surface area contributed by atoms with Crippen molar-refractivity contribution < 1.29 is 4.74 Å². The number of hydrogen-bond acceptors (Lipinski definition) is 3. The van der Waals surface area contributed by atoms with Crippen molar-refractivity contribution in [3.05, 3.63) is 26.6 Å². The van der Waals surface area contributed by atoms with Crippen LogP contribution in [0.2, 0.25) is 0 Å². The number of nitrogens with two attached hydrogens (primary N) is 1. The Kier molecular flexibility index (Phi) is 3.89. The molecule has 0 aliphatic carbocycles. The molecule has 17 heavy (non-hydrogen) atoms. The van der Waals surface area contributed by atoms with E-state index in [1.165, 1.54) is 0 Å². The summed E-state index contributed by atoms with van der Waals surface area (Å²) in [5, 5.41) is 0. The van der Waals surface area contributed by atoms with Crippen LogP contribution in [-0.4, -0.2) is 17.8 Å². The number of nitrogens with zero attached hydrogens (tertiary/aromatic N) is 1. The molecule has 1 aliphatic heterocycles. The third-order valence-corrected chi connectivity index (χ3v) is 4.24. The summed E-state index contributed by atoms with van der Waals surface area (Å²) in [7, 11) is 0. The van der Waals surface area contributed by atoms with Gasteiger partial charge in [-0.2, -0.15) is 0 Å². The second-order valence-electron chi connectivity index (χ2n) is 4.54. The molecule has 0 radical (unpaired) electrons. The Balaban J connectivity index is 2.23. The summed E-state index contributed by atoms with van der Waals surface area (Å²) in [6.07, 6.45) is 3.77. The van der Waals surface area contributed by atoms with Crippen molar-refractivity contribution in [3.63, 3.8) is 0 Å². The minimum atomic E-state index is 0.00296. The molecule has 1 aliphatic rings. The van der Waals surface area contributed by atoms with Gasteiger partial charge < -0.3 is 15.0 Å². The standard InChI is InChI=1S/C12H17BrN2O2/c1-8-10(14)7-15(12(16)11(8)13)6-9-2-4-17-5-3-9/h7,9H,2-6,14H2,1H3. The molecule has 0 amide bonds. The summed E-state index contributed by atoms with van der Waals surface area (Å²) in [4.78, 5) is 12.0. The maximum atomic E-state index is 12.0. The van der Waals surface area contributed by atoms with Gasteiger partial charge in [0.25, 0.3) is 5.56 Å². The Morgan fingerprint density at radius 1 is 1.53 bits per heavy atom. The molecule has 0 saturated carbocycles. The van der Waals surface area contributed by atoms with Gasteiger partial charge in [0.05, 0.1) is 10.2 Å². The molecule has 4 nitrogen and oxygen atoms in total. The first kappa shape index (κ1) is 12.6. The van der Waals surface area contributed by atoms with E-state index in [-0.39, 0.29) is 5.56 Å². The zero-order valence-electron chi connectivity index (χ0n) is 9.91. The molecule has 94 valence electrons. The first-order chi connectivity index (χ1) is 8.09. The highest BCUT2D eigenvalue weighted by Gasteiger charge is 2.16. The molecule has 1 saturated heterocycles. The van der Waals surface area contributed by atoms with Crippen LogP contribution in [0, 0.1) is 12.8 Å². The molecule has 5 heteroatoms. The number of anilines is 1. The summed E-state index contributed by atoms with van der Waals surface area (Å²) in [6, 6.07) is 0. The van der Waals surface area contributed by atoms with E-state index >= 15 is 0 Å². The number of halogens is 1. The van der Waals surface area contributed by atoms with Crippen molar-refractivity contribution in [1.82, 2.24) is 4.57 Å². The van der Waals surface area contributed by atoms with Crippen LogP contribution in [0.15, 0.2) is 15.5 Å². The molecule has 1 fully saturated rings. The molecule has 1 aromatic rings. The van der Waals surface area contributed by atoms with Gasteiger partial charge >= 0.3 is 0 Å². The molecule has 2 rings (SSSR count). The molecule has 0 bridgehead atoms. The first-order valence-electron chi connectivity index (χ1n) is 5.82. The Morgan fingerprint density at radius 2 is 2.18 bits per heavy atom. The van der Waals surface area contributed by atoms with Gasteiger partial charge in [-0.3, -0.25) is 4.79 Å². The van der Waals surface area contributed by atoms with Crippen LogP contribution < -0.4 is 11.3 Å². The van der Waals surface area contributed by atoms with Crippen LogP contribution in [0.3, 0.4) is 0 Å². The zero-order valence-corrected chi connectivity index (χ0v) is 11.5. The number of aromatic nitrogens is 1. The van der Waals surface area contributed by atoms with Crippen LogP contribution in [0.1, 0.15) is 18.4 Å². The normalized spacial score (nSPS) is 17.3. The number of ether oxygens (including phenoxy) is 1. The maximum absolute atomic E-state index is 12.0. The highest BCUT2D eigenvalue weighted by atomic mass is 79.9. The van der Waals surface area contributed by atoms with E-state index < -0.39 is 0 Å². The van der Waals surface area contributed by atoms with Gasteiger partial charge in [-0.1, -0.05) is 0 Å². The third-order valence-electron chi connectivity index (χ3n) is 3.30. The van der Waals surface area contributed by atoms with Crippen molar-refractivity contribution in [2.24, 2.45) is 5.92 Å². The molecule has 2 heterocycles. The predicted molar refractivity (Wildman–Crippen MR) is 71.1 cm³/mol. The molecule has 2 N–H and O–H groups in total. The van der Waals surface area contributed by atoms with E-state index in [0.29, 0.717) is 16.1 Å². The minimum Gasteiger partial charge on any atom is -0.397 e. The monoisotopic (exact) mass is 300 g/mol. The van der Waals surface area contributed by atoms with Gasteiger partial charge in [0.2, 0.25) is 0 Å². The summed E-state index contributed by atoms with van der Waals surface area (Å²) in [5.74, 6) is 0.510. The van der Waals surface area contributed by atoms with Crippen molar-refractivity contribution >= 4 is 21.6 Å². The number of hydrogen-bond donors (Lipinski definition) is 1. The van der Waals surface area contributed by atoms with Crippen molar-refractivity contribution in [2.45, 2.75) is 26.3 Å². The topological polar surface area (TPSA) is 57.2 Å². The summed E-state index contributed by atoms with van der Waals surface area (Å²) in [5.41, 5.74) is 7.36. The van der Waals surface area contributed by atoms with Gasteiger partial charge in [-0.15, -0.1) is 0 Å². The predicted octanol–water partition coefficient (Wildman–Crippen LogP) is 1.93. The highest BCUT2D eigenvalue weighted by molar-refractivity contribution is 9.10. The average Bonchev–Trinajstić information content (AvgIpc) is 2.35. The minimum absolute atomic E-state index is 0.00296. The van der Waals surface area contributed by atoms with Crippen molar-refractivity contribution in [3.8, 4) is 0 Å². The van der Waals surface area contributed by atoms with Crippen LogP contribution in [0.4, 0.5) is 5.69 Å². The van der Waals surface area contributed by atoms with Gasteiger partial charge in [-0.25, -0.2) is 0 Å². The molecule has 0 spiro atoms. The van der Waals surface area contributed by atoms with E-state index in [9.17, 15) is 4.79 Å². The van der Waals surface area contributed by atoms with E-state index in [1.54, 1.807) is 10.8 Å². The lowest BCUT2D eigenvalue weighted by molar-refractivity contribution is 0.0609. The van der Waals surface area contributed by atoms with Gasteiger partial charge in [-0.05, 0) is 47.2 Å². The number of nitrogen functional groups attached to an aromatic ring is 1. The maximum Gasteiger partial charge on any atom is 0.265 e. The smallest absolute Gasteiger partial charge is 0.265 e. The highest BCUT2D eigenvalue weighted by Crippen LogP contribution is 2.20. The Labute approximate surface area is 109 Å². The quantitative estimate of drug-likeness (QED) is 0.908. The second-order valence-corrected chi connectivity index (χ2v) is 5.33. The van der Waals surface area contributed by atoms with Crippen LogP contribution in [0.25, 0.3) is 0 Å². The Hall–Kier alpha value is -0.810. The lowest BCUT2D eigenvalue weighted by Crippen LogP contribution is -2.28. The fourth-order valence-corrected chi connectivity index (χ4v) is 2.54. The van der Waals surface area contributed by atoms with E-state index in [2.05, 4.69) is 15.9 Å². The average molecular weight is 301 g/mol. The molecule has 0 aromatic carbocycles. The zero-order chi connectivity index (χ0) is 12.4. The van der Waals surface area contributed by atoms with Crippen LogP contribution in [-0.2, 0) is 11.3 Å². The number of rotatable bonds is 2. The van der Waals surface area contributed by atoms with E-state index in [0.717, 1.165) is 38.2 Å². The summed E-state index contributed by atoms with van der Waals surface area (Å²) in [6.45, 7) is 4.16. The van der Waals surface area contributed by atoms with Gasteiger partial charge in [0, 0.05) is 26.0 Å². The lowest BCUT2D eigenvalue weighted by Gasteiger charge is -2.23. The fraction of sp³-hybridized carbons (Fsp3) is 0.583. The van der Waals surface area contributed by atoms with Crippen molar-refractivity contribution in [1.29, 1.82) is 0 Å². The SMILES string of the molecule is Cc1c(N)cn(CC2CCOCC2)c(=O)c1Br. The molecule has 1 aromatic heterocycles. The van der Waals surface area contributed by atoms with E-state index in [1.807, 2.05) is 6.92 Å². The largest absolute Gasteiger partial charge is 0.397 e. The molecule has 0 atom stereocenters. The lowest BCUT2D eigenvalue weighted by atomic mass is 10.0. The van der Waals surface area contributed by atoms with Gasteiger partial charge in [0.15, 0.2) is 0 Å². The summed E-state index contributed by atoms with van der Waals surface area (Å²) >= 11 is 3.31. The van der Waals surface area contributed by atoms with E-state index in [4.69, 9.17) is 10.5 Å².